The summed E-state index contributed by atoms with van der Waals surface area (Å²) in [4.78, 5) is 13.5. The highest BCUT2D eigenvalue weighted by atomic mass is 16.5. The molecule has 0 bridgehead atoms. The number of ether oxygens (including phenoxy) is 1. The van der Waals surface area contributed by atoms with Crippen molar-refractivity contribution in [2.45, 2.75) is 13.0 Å². The molecule has 1 fully saturated rings. The minimum absolute atomic E-state index is 0.0276. The topological polar surface area (TPSA) is 75.8 Å². The monoisotopic (exact) mass is 250 g/mol. The molecule has 0 aliphatic carbocycles. The van der Waals surface area contributed by atoms with Crippen LogP contribution in [-0.4, -0.2) is 43.3 Å². The third-order valence-electron chi connectivity index (χ3n) is 3.19. The molecule has 1 aromatic carbocycles. The molecule has 1 unspecified atom stereocenters. The van der Waals surface area contributed by atoms with Crippen LogP contribution in [0, 0.1) is 0 Å². The molecule has 1 saturated heterocycles. The van der Waals surface area contributed by atoms with Crippen molar-refractivity contribution in [3.8, 4) is 0 Å². The smallest absolute Gasteiger partial charge is 0.161 e. The number of aliphatic hydroxyl groups is 1. The molecule has 5 heteroatoms. The summed E-state index contributed by atoms with van der Waals surface area (Å²) in [6.07, 6.45) is 0. The van der Waals surface area contributed by atoms with Crippen LogP contribution in [0.1, 0.15) is 17.3 Å². The van der Waals surface area contributed by atoms with E-state index in [0.29, 0.717) is 31.0 Å². The van der Waals surface area contributed by atoms with Crippen molar-refractivity contribution in [3.05, 3.63) is 23.8 Å². The Kier molecular flexibility index (Phi) is 3.84. The normalized spacial score (nSPS) is 19.9. The van der Waals surface area contributed by atoms with Crippen LogP contribution in [0.2, 0.25) is 0 Å². The van der Waals surface area contributed by atoms with E-state index >= 15 is 0 Å². The molecule has 5 nitrogen and oxygen atoms in total. The Morgan fingerprint density at radius 1 is 1.61 bits per heavy atom. The Bertz CT molecular complexity index is 448. The van der Waals surface area contributed by atoms with Crippen LogP contribution >= 0.6 is 0 Å². The van der Waals surface area contributed by atoms with Gasteiger partial charge in [0.25, 0.3) is 0 Å². The summed E-state index contributed by atoms with van der Waals surface area (Å²) in [5, 5.41) is 9.34. The van der Waals surface area contributed by atoms with Crippen LogP contribution in [-0.2, 0) is 4.74 Å². The number of benzene rings is 1. The second-order valence-electron chi connectivity index (χ2n) is 4.43. The number of morpholine rings is 1. The van der Waals surface area contributed by atoms with Gasteiger partial charge in [0.05, 0.1) is 25.9 Å². The molecule has 0 spiro atoms. The second kappa shape index (κ2) is 5.37. The van der Waals surface area contributed by atoms with Crippen molar-refractivity contribution in [1.82, 2.24) is 0 Å². The predicted octanol–water partition coefficient (Wildman–Crippen LogP) is 0.669. The highest BCUT2D eigenvalue weighted by Crippen LogP contribution is 2.24. The van der Waals surface area contributed by atoms with Gasteiger partial charge in [-0.15, -0.1) is 0 Å². The summed E-state index contributed by atoms with van der Waals surface area (Å²) < 4.78 is 5.33. The SMILES string of the molecule is CC(=O)c1cc(N2CCOCC2CO)ccc1N. The van der Waals surface area contributed by atoms with Crippen LogP contribution in [0.4, 0.5) is 11.4 Å². The number of Topliss-reactive ketones (excluding diaryl/α,β-unsaturated/α-hetero) is 1. The summed E-state index contributed by atoms with van der Waals surface area (Å²) in [5.74, 6) is -0.0526. The van der Waals surface area contributed by atoms with E-state index in [2.05, 4.69) is 4.90 Å². The number of aliphatic hydroxyl groups excluding tert-OH is 1. The van der Waals surface area contributed by atoms with Crippen molar-refractivity contribution >= 4 is 17.2 Å². The average Bonchev–Trinajstić information content (AvgIpc) is 2.39. The van der Waals surface area contributed by atoms with Crippen molar-refractivity contribution < 1.29 is 14.6 Å². The maximum absolute atomic E-state index is 11.5. The highest BCUT2D eigenvalue weighted by molar-refractivity contribution is 6.00. The first-order chi connectivity index (χ1) is 8.63. The lowest BCUT2D eigenvalue weighted by Crippen LogP contribution is -2.47. The first-order valence-corrected chi connectivity index (χ1v) is 5.99. The molecule has 2 rings (SSSR count). The van der Waals surface area contributed by atoms with Crippen LogP contribution in [0.3, 0.4) is 0 Å². The fraction of sp³-hybridized carbons (Fsp3) is 0.462. The van der Waals surface area contributed by atoms with E-state index in [1.165, 1.54) is 6.92 Å². The van der Waals surface area contributed by atoms with Gasteiger partial charge < -0.3 is 20.5 Å². The van der Waals surface area contributed by atoms with Gasteiger partial charge in [-0.3, -0.25) is 4.79 Å². The maximum Gasteiger partial charge on any atom is 0.161 e. The number of carbonyl (C=O) groups excluding carboxylic acids is 1. The quantitative estimate of drug-likeness (QED) is 0.609. The number of nitrogens with two attached hydrogens (primary N) is 1. The minimum atomic E-state index is -0.0674. The zero-order valence-electron chi connectivity index (χ0n) is 10.4. The number of nitrogen functional groups attached to an aromatic ring is 1. The first-order valence-electron chi connectivity index (χ1n) is 5.99. The molecule has 0 saturated carbocycles. The predicted molar refractivity (Wildman–Crippen MR) is 69.9 cm³/mol. The van der Waals surface area contributed by atoms with Crippen molar-refractivity contribution in [1.29, 1.82) is 0 Å². The van der Waals surface area contributed by atoms with Gasteiger partial charge in [0.15, 0.2) is 5.78 Å². The number of anilines is 2. The molecular weight excluding hydrogens is 232 g/mol. The number of hydrogen-bond acceptors (Lipinski definition) is 5. The van der Waals surface area contributed by atoms with Gasteiger partial charge in [-0.1, -0.05) is 0 Å². The van der Waals surface area contributed by atoms with Crippen molar-refractivity contribution in [3.63, 3.8) is 0 Å². The van der Waals surface area contributed by atoms with Gasteiger partial charge in [-0.05, 0) is 25.1 Å². The second-order valence-corrected chi connectivity index (χ2v) is 4.43. The lowest BCUT2D eigenvalue weighted by molar-refractivity contribution is 0.0727. The van der Waals surface area contributed by atoms with E-state index in [0.717, 1.165) is 5.69 Å². The van der Waals surface area contributed by atoms with E-state index in [-0.39, 0.29) is 18.4 Å². The van der Waals surface area contributed by atoms with E-state index in [1.54, 1.807) is 12.1 Å². The maximum atomic E-state index is 11.5. The highest BCUT2D eigenvalue weighted by Gasteiger charge is 2.23. The van der Waals surface area contributed by atoms with Crippen LogP contribution in [0.5, 0.6) is 0 Å². The van der Waals surface area contributed by atoms with E-state index in [4.69, 9.17) is 10.5 Å². The number of carbonyl (C=O) groups is 1. The fourth-order valence-electron chi connectivity index (χ4n) is 2.17. The zero-order chi connectivity index (χ0) is 13.1. The molecule has 1 atom stereocenters. The molecule has 1 aliphatic heterocycles. The van der Waals surface area contributed by atoms with Gasteiger partial charge in [0, 0.05) is 23.5 Å². The fourth-order valence-corrected chi connectivity index (χ4v) is 2.17. The Morgan fingerprint density at radius 3 is 3.06 bits per heavy atom. The number of rotatable bonds is 3. The molecular formula is C13H18N2O3. The summed E-state index contributed by atoms with van der Waals surface area (Å²) in [7, 11) is 0. The lowest BCUT2D eigenvalue weighted by Gasteiger charge is -2.36. The van der Waals surface area contributed by atoms with Gasteiger partial charge in [0.1, 0.15) is 0 Å². The van der Waals surface area contributed by atoms with E-state index in [1.807, 2.05) is 6.07 Å². The molecule has 18 heavy (non-hydrogen) atoms. The first kappa shape index (κ1) is 12.9. The van der Waals surface area contributed by atoms with Gasteiger partial charge >= 0.3 is 0 Å². The summed E-state index contributed by atoms with van der Waals surface area (Å²) in [6, 6.07) is 5.32. The molecule has 0 aromatic heterocycles. The largest absolute Gasteiger partial charge is 0.398 e. The van der Waals surface area contributed by atoms with Crippen LogP contribution in [0.15, 0.2) is 18.2 Å². The third kappa shape index (κ3) is 2.47. The Balaban J connectivity index is 2.32. The standard InChI is InChI=1S/C13H18N2O3/c1-9(17)12-6-10(2-3-13(12)14)15-4-5-18-8-11(15)7-16/h2-3,6,11,16H,4-5,7-8,14H2,1H3. The molecule has 98 valence electrons. The lowest BCUT2D eigenvalue weighted by atomic mass is 10.1. The van der Waals surface area contributed by atoms with Crippen molar-refractivity contribution in [2.24, 2.45) is 0 Å². The molecule has 1 aromatic rings. The average molecular weight is 250 g/mol. The van der Waals surface area contributed by atoms with E-state index < -0.39 is 0 Å². The van der Waals surface area contributed by atoms with Gasteiger partial charge in [0.2, 0.25) is 0 Å². The van der Waals surface area contributed by atoms with Gasteiger partial charge in [-0.25, -0.2) is 0 Å². The summed E-state index contributed by atoms with van der Waals surface area (Å²) in [6.45, 7) is 3.34. The molecule has 1 aliphatic rings. The van der Waals surface area contributed by atoms with Crippen molar-refractivity contribution in [2.75, 3.05) is 37.0 Å². The Morgan fingerprint density at radius 2 is 2.39 bits per heavy atom. The number of hydrogen-bond donors (Lipinski definition) is 2. The Labute approximate surface area is 106 Å². The minimum Gasteiger partial charge on any atom is -0.398 e. The van der Waals surface area contributed by atoms with E-state index in [9.17, 15) is 9.90 Å². The van der Waals surface area contributed by atoms with Crippen LogP contribution < -0.4 is 10.6 Å². The third-order valence-corrected chi connectivity index (χ3v) is 3.19. The molecule has 3 N–H and O–H groups in total. The van der Waals surface area contributed by atoms with Crippen LogP contribution in [0.25, 0.3) is 0 Å². The molecule has 0 radical (unpaired) electrons. The Hall–Kier alpha value is -1.59. The zero-order valence-corrected chi connectivity index (χ0v) is 10.4. The number of ketones is 1. The molecule has 1 heterocycles. The summed E-state index contributed by atoms with van der Waals surface area (Å²) in [5.41, 5.74) is 7.68. The molecule has 0 amide bonds. The van der Waals surface area contributed by atoms with Gasteiger partial charge in [-0.2, -0.15) is 0 Å². The number of nitrogens with zero attached hydrogens (tertiary/aromatic N) is 1. The summed E-state index contributed by atoms with van der Waals surface area (Å²) >= 11 is 0.